The van der Waals surface area contributed by atoms with Crippen molar-refractivity contribution in [1.29, 1.82) is 0 Å². The zero-order valence-electron chi connectivity index (χ0n) is 22.2. The van der Waals surface area contributed by atoms with Crippen LogP contribution < -0.4 is 37.6 Å². The molecular formula is C35H18B2N2OS2. The maximum atomic E-state index is 6.40. The molecule has 0 bridgehead atoms. The van der Waals surface area contributed by atoms with Crippen LogP contribution in [0.2, 0.25) is 0 Å². The highest BCUT2D eigenvalue weighted by Crippen LogP contribution is 2.40. The fourth-order valence-electron chi connectivity index (χ4n) is 7.78. The standard InChI is InChI=1S/C35H18B2N2OS2/c1-3-12-24-19(8-1)20-9-5-11-22-33(20)39(24)25-13-6-16-28-31(25)37(22)34-30(41-28)18-23-35(38-34)42-29-17-7-15-27-32(29)36(23)21-10-2-4-14-26(21)40-27/h1-18H. The van der Waals surface area contributed by atoms with Crippen molar-refractivity contribution in [2.45, 2.75) is 19.7 Å². The summed E-state index contributed by atoms with van der Waals surface area (Å²) in [6.45, 7) is 0.203. The first-order chi connectivity index (χ1) is 20.8. The van der Waals surface area contributed by atoms with Crippen molar-refractivity contribution in [3.05, 3.63) is 109 Å². The Morgan fingerprint density at radius 2 is 1.36 bits per heavy atom. The first-order valence-electron chi connectivity index (χ1n) is 14.3. The Balaban J connectivity index is 1.21. The van der Waals surface area contributed by atoms with E-state index >= 15 is 0 Å². The third-order valence-corrected chi connectivity index (χ3v) is 11.6. The fraction of sp³-hybridized carbons (Fsp3) is 0. The highest BCUT2D eigenvalue weighted by atomic mass is 32.2. The molecule has 7 heteroatoms. The van der Waals surface area contributed by atoms with Crippen LogP contribution in [0.25, 0.3) is 27.5 Å². The molecule has 0 unspecified atom stereocenters. The van der Waals surface area contributed by atoms with Crippen LogP contribution in [0.1, 0.15) is 0 Å². The molecule has 3 nitrogen and oxygen atoms in total. The summed E-state index contributed by atoms with van der Waals surface area (Å²) in [6, 6.07) is 39.8. The van der Waals surface area contributed by atoms with E-state index in [0.717, 1.165) is 16.5 Å². The van der Waals surface area contributed by atoms with Crippen LogP contribution >= 0.6 is 23.5 Å². The Labute approximate surface area is 251 Å². The van der Waals surface area contributed by atoms with Crippen LogP contribution in [0.15, 0.2) is 129 Å². The number of rotatable bonds is 0. The van der Waals surface area contributed by atoms with E-state index in [9.17, 15) is 0 Å². The van der Waals surface area contributed by atoms with Gasteiger partial charge < -0.3 is 9.30 Å². The molecule has 0 fully saturated rings. The van der Waals surface area contributed by atoms with E-state index in [1.165, 1.54) is 75.1 Å². The van der Waals surface area contributed by atoms with Gasteiger partial charge in [0.15, 0.2) is 0 Å². The topological polar surface area (TPSA) is 27.1 Å². The number of ether oxygens (including phenoxy) is 1. The van der Waals surface area contributed by atoms with Gasteiger partial charge in [0.05, 0.1) is 10.5 Å². The van der Waals surface area contributed by atoms with E-state index in [1.54, 1.807) is 11.8 Å². The third-order valence-electron chi connectivity index (χ3n) is 9.39. The number of hydrogen-bond acceptors (Lipinski definition) is 4. The van der Waals surface area contributed by atoms with Crippen LogP contribution in [-0.4, -0.2) is 23.0 Å². The molecule has 0 amide bonds. The van der Waals surface area contributed by atoms with Crippen LogP contribution in [0, 0.1) is 0 Å². The van der Waals surface area contributed by atoms with E-state index in [1.807, 2.05) is 11.8 Å². The Hall–Kier alpha value is -4.32. The number of para-hydroxylation sites is 3. The smallest absolute Gasteiger partial charge is 0.272 e. The second-order valence-corrected chi connectivity index (χ2v) is 13.5. The maximum Gasteiger partial charge on any atom is 0.272 e. The van der Waals surface area contributed by atoms with E-state index in [4.69, 9.17) is 9.72 Å². The quantitative estimate of drug-likeness (QED) is 0.251. The number of fused-ring (bicyclic) bond motifs is 11. The third kappa shape index (κ3) is 2.63. The Bertz CT molecular complexity index is 2380. The van der Waals surface area contributed by atoms with Crippen molar-refractivity contribution in [3.63, 3.8) is 0 Å². The van der Waals surface area contributed by atoms with Gasteiger partial charge in [0.25, 0.3) is 13.4 Å². The minimum atomic E-state index is 0.0913. The molecule has 6 heterocycles. The van der Waals surface area contributed by atoms with Crippen LogP contribution in [0.3, 0.4) is 0 Å². The average molecular weight is 568 g/mol. The zero-order chi connectivity index (χ0) is 27.1. The van der Waals surface area contributed by atoms with Crippen molar-refractivity contribution in [2.24, 2.45) is 0 Å². The summed E-state index contributed by atoms with van der Waals surface area (Å²) in [6.07, 6.45) is 0. The Morgan fingerprint density at radius 3 is 2.33 bits per heavy atom. The number of hydrogen-bond donors (Lipinski definition) is 0. The summed E-state index contributed by atoms with van der Waals surface area (Å²) in [5.74, 6) is 1.90. The Morgan fingerprint density at radius 1 is 0.595 bits per heavy atom. The number of pyridine rings is 1. The van der Waals surface area contributed by atoms with E-state index in [2.05, 4.69) is 114 Å². The second kappa shape index (κ2) is 7.74. The van der Waals surface area contributed by atoms with Crippen molar-refractivity contribution in [1.82, 2.24) is 9.55 Å². The van der Waals surface area contributed by atoms with Gasteiger partial charge in [-0.1, -0.05) is 90.3 Å². The summed E-state index contributed by atoms with van der Waals surface area (Å²) in [4.78, 5) is 9.43. The van der Waals surface area contributed by atoms with Crippen molar-refractivity contribution in [3.8, 4) is 17.2 Å². The van der Waals surface area contributed by atoms with E-state index in [-0.39, 0.29) is 13.4 Å². The van der Waals surface area contributed by atoms with Crippen LogP contribution in [-0.2, 0) is 0 Å². The van der Waals surface area contributed by atoms with Crippen molar-refractivity contribution < 1.29 is 4.74 Å². The lowest BCUT2D eigenvalue weighted by Gasteiger charge is -2.35. The molecule has 0 saturated carbocycles. The summed E-state index contributed by atoms with van der Waals surface area (Å²) in [5.41, 5.74) is 11.5. The summed E-state index contributed by atoms with van der Waals surface area (Å²) < 4.78 is 8.89. The van der Waals surface area contributed by atoms with Gasteiger partial charge in [-0.05, 0) is 69.8 Å². The molecule has 0 N–H and O–H groups in total. The van der Waals surface area contributed by atoms with Gasteiger partial charge in [0, 0.05) is 42.3 Å². The molecule has 42 heavy (non-hydrogen) atoms. The van der Waals surface area contributed by atoms with E-state index in [0.29, 0.717) is 0 Å². The minimum absolute atomic E-state index is 0.0913. The van der Waals surface area contributed by atoms with Crippen molar-refractivity contribution in [2.75, 3.05) is 0 Å². The zero-order valence-corrected chi connectivity index (χ0v) is 23.8. The molecule has 0 radical (unpaired) electrons. The summed E-state index contributed by atoms with van der Waals surface area (Å²) in [7, 11) is 0. The SMILES string of the molecule is c1ccc2c(c1)Oc1cccc3c1B2c1cc2c(nc1S3)B1c3c(cccc3-n3c4ccccc4c4cccc1c43)S2. The van der Waals surface area contributed by atoms with Gasteiger partial charge in [-0.25, -0.2) is 0 Å². The van der Waals surface area contributed by atoms with Gasteiger partial charge >= 0.3 is 0 Å². The molecule has 7 aromatic rings. The molecule has 0 saturated heterocycles. The molecule has 0 atom stereocenters. The first-order valence-corrected chi connectivity index (χ1v) is 15.9. The summed E-state index contributed by atoms with van der Waals surface area (Å²) in [5, 5.41) is 3.73. The number of aromatic nitrogens is 2. The molecule has 0 aliphatic carbocycles. The molecule has 4 aliphatic heterocycles. The van der Waals surface area contributed by atoms with E-state index < -0.39 is 0 Å². The van der Waals surface area contributed by atoms with Gasteiger partial charge in [-0.15, -0.1) is 0 Å². The highest BCUT2D eigenvalue weighted by molar-refractivity contribution is 8.00. The van der Waals surface area contributed by atoms with Gasteiger partial charge in [-0.2, -0.15) is 0 Å². The molecular weight excluding hydrogens is 550 g/mol. The number of nitrogens with zero attached hydrogens (tertiary/aromatic N) is 2. The number of benzene rings is 5. The van der Waals surface area contributed by atoms with Crippen LogP contribution in [0.5, 0.6) is 11.5 Å². The highest BCUT2D eigenvalue weighted by Gasteiger charge is 2.44. The lowest BCUT2D eigenvalue weighted by molar-refractivity contribution is 0.486. The predicted molar refractivity (Wildman–Crippen MR) is 176 cm³/mol. The minimum Gasteiger partial charge on any atom is -0.458 e. The monoisotopic (exact) mass is 568 g/mol. The fourth-order valence-corrected chi connectivity index (χ4v) is 10.1. The second-order valence-electron chi connectivity index (χ2n) is 11.4. The largest absolute Gasteiger partial charge is 0.458 e. The molecule has 11 rings (SSSR count). The molecule has 4 aliphatic rings. The molecule has 0 spiro atoms. The lowest BCUT2D eigenvalue weighted by atomic mass is 9.34. The molecule has 2 aromatic heterocycles. The van der Waals surface area contributed by atoms with Gasteiger partial charge in [0.1, 0.15) is 11.5 Å². The first kappa shape index (κ1) is 22.3. The van der Waals surface area contributed by atoms with Crippen LogP contribution in [0.4, 0.5) is 0 Å². The van der Waals surface area contributed by atoms with Gasteiger partial charge in [-0.3, -0.25) is 4.98 Å². The Kier molecular flexibility index (Phi) is 4.11. The maximum absolute atomic E-state index is 6.40. The lowest BCUT2D eigenvalue weighted by Crippen LogP contribution is -2.62. The summed E-state index contributed by atoms with van der Waals surface area (Å²) >= 11 is 3.67. The molecule has 5 aromatic carbocycles. The van der Waals surface area contributed by atoms with Crippen molar-refractivity contribution >= 4 is 91.7 Å². The molecule has 192 valence electrons. The normalized spacial score (nSPS) is 14.6. The predicted octanol–water partition coefficient (Wildman–Crippen LogP) is 4.56. The average Bonchev–Trinajstić information content (AvgIpc) is 3.37. The van der Waals surface area contributed by atoms with Gasteiger partial charge in [0.2, 0.25) is 0 Å².